The van der Waals surface area contributed by atoms with Crippen LogP contribution in [0.1, 0.15) is 43.2 Å². The van der Waals surface area contributed by atoms with E-state index in [0.717, 1.165) is 0 Å². The van der Waals surface area contributed by atoms with Gasteiger partial charge in [-0.2, -0.15) is 0 Å². The van der Waals surface area contributed by atoms with Crippen LogP contribution in [0.15, 0.2) is 29.3 Å². The lowest BCUT2D eigenvalue weighted by Crippen LogP contribution is -2.41. The maximum atomic E-state index is 5.92. The van der Waals surface area contributed by atoms with Gasteiger partial charge in [0.05, 0.1) is 6.54 Å². The molecule has 1 saturated carbocycles. The van der Waals surface area contributed by atoms with Crippen molar-refractivity contribution >= 4 is 5.96 Å². The summed E-state index contributed by atoms with van der Waals surface area (Å²) in [5.41, 5.74) is 8.40. The van der Waals surface area contributed by atoms with Gasteiger partial charge in [0.2, 0.25) is 0 Å². The predicted octanol–water partition coefficient (Wildman–Crippen LogP) is 2.73. The molecule has 1 aromatic rings. The van der Waals surface area contributed by atoms with E-state index in [9.17, 15) is 0 Å². The molecule has 2 rings (SSSR count). The summed E-state index contributed by atoms with van der Waals surface area (Å²) in [5.74, 6) is 0.586. The highest BCUT2D eigenvalue weighted by molar-refractivity contribution is 5.78. The number of nitrogens with two attached hydrogens (primary N) is 1. The van der Waals surface area contributed by atoms with Crippen LogP contribution in [0, 0.1) is 6.92 Å². The highest BCUT2D eigenvalue weighted by atomic mass is 15.1. The van der Waals surface area contributed by atoms with Crippen molar-refractivity contribution in [2.24, 2.45) is 10.7 Å². The number of hydrogen-bond acceptors (Lipinski definition) is 1. The Morgan fingerprint density at radius 3 is 2.56 bits per heavy atom. The lowest BCUT2D eigenvalue weighted by atomic mass is 9.96. The number of hydrogen-bond donors (Lipinski definition) is 2. The molecule has 0 saturated heterocycles. The van der Waals surface area contributed by atoms with E-state index in [4.69, 9.17) is 5.73 Å². The monoisotopic (exact) mass is 245 g/mol. The molecular weight excluding hydrogens is 222 g/mol. The van der Waals surface area contributed by atoms with E-state index in [1.54, 1.807) is 0 Å². The first kappa shape index (κ1) is 12.9. The highest BCUT2D eigenvalue weighted by Crippen LogP contribution is 2.17. The van der Waals surface area contributed by atoms with Gasteiger partial charge in [0.25, 0.3) is 0 Å². The maximum absolute atomic E-state index is 5.92. The summed E-state index contributed by atoms with van der Waals surface area (Å²) in [6.07, 6.45) is 6.42. The summed E-state index contributed by atoms with van der Waals surface area (Å²) in [6, 6.07) is 8.95. The maximum Gasteiger partial charge on any atom is 0.189 e. The summed E-state index contributed by atoms with van der Waals surface area (Å²) < 4.78 is 0. The van der Waals surface area contributed by atoms with Gasteiger partial charge in [0, 0.05) is 6.04 Å². The number of aliphatic imine (C=N–C) groups is 1. The number of benzene rings is 1. The predicted molar refractivity (Wildman–Crippen MR) is 76.5 cm³/mol. The first-order valence-electron chi connectivity index (χ1n) is 6.86. The summed E-state index contributed by atoms with van der Waals surface area (Å²) in [6.45, 7) is 2.75. The van der Waals surface area contributed by atoms with Gasteiger partial charge in [0.1, 0.15) is 0 Å². The van der Waals surface area contributed by atoms with Gasteiger partial charge in [-0.3, -0.25) is 0 Å². The van der Waals surface area contributed by atoms with Gasteiger partial charge in [0.15, 0.2) is 5.96 Å². The number of aryl methyl sites for hydroxylation is 1. The largest absolute Gasteiger partial charge is 0.370 e. The van der Waals surface area contributed by atoms with Crippen molar-refractivity contribution in [2.75, 3.05) is 0 Å². The molecule has 0 unspecified atom stereocenters. The Bertz CT molecular complexity index is 389. The van der Waals surface area contributed by atoms with Crippen molar-refractivity contribution < 1.29 is 0 Å². The van der Waals surface area contributed by atoms with Crippen molar-refractivity contribution in [3.63, 3.8) is 0 Å². The van der Waals surface area contributed by atoms with E-state index in [1.807, 2.05) is 0 Å². The molecule has 1 aliphatic carbocycles. The number of nitrogens with zero attached hydrogens (tertiary/aromatic N) is 1. The molecule has 0 atom stereocenters. The zero-order valence-corrected chi connectivity index (χ0v) is 11.2. The minimum Gasteiger partial charge on any atom is -0.370 e. The van der Waals surface area contributed by atoms with Crippen LogP contribution in [0.3, 0.4) is 0 Å². The summed E-state index contributed by atoms with van der Waals surface area (Å²) >= 11 is 0. The van der Waals surface area contributed by atoms with Gasteiger partial charge in [-0.05, 0) is 25.3 Å². The average molecular weight is 245 g/mol. The third-order valence-corrected chi connectivity index (χ3v) is 3.51. The SMILES string of the molecule is Cc1ccc(CN=C(N)NC2CCCCC2)cc1. The van der Waals surface area contributed by atoms with Crippen molar-refractivity contribution in [1.29, 1.82) is 0 Å². The average Bonchev–Trinajstić information content (AvgIpc) is 2.39. The molecule has 0 spiro atoms. The molecule has 3 nitrogen and oxygen atoms in total. The Morgan fingerprint density at radius 2 is 1.89 bits per heavy atom. The Balaban J connectivity index is 1.82. The van der Waals surface area contributed by atoms with E-state index < -0.39 is 0 Å². The van der Waals surface area contributed by atoms with Gasteiger partial charge in [-0.25, -0.2) is 4.99 Å². The second kappa shape index (κ2) is 6.43. The molecule has 1 aliphatic rings. The normalized spacial score (nSPS) is 17.7. The first-order chi connectivity index (χ1) is 8.74. The van der Waals surface area contributed by atoms with Crippen LogP contribution in [-0.2, 0) is 6.54 Å². The molecule has 0 amide bonds. The smallest absolute Gasteiger partial charge is 0.189 e. The second-order valence-corrected chi connectivity index (χ2v) is 5.17. The van der Waals surface area contributed by atoms with E-state index >= 15 is 0 Å². The van der Waals surface area contributed by atoms with E-state index in [0.29, 0.717) is 18.5 Å². The highest BCUT2D eigenvalue weighted by Gasteiger charge is 2.13. The van der Waals surface area contributed by atoms with Gasteiger partial charge in [-0.1, -0.05) is 49.1 Å². The Morgan fingerprint density at radius 1 is 1.22 bits per heavy atom. The van der Waals surface area contributed by atoms with Crippen molar-refractivity contribution in [3.05, 3.63) is 35.4 Å². The zero-order valence-electron chi connectivity index (χ0n) is 11.2. The number of rotatable bonds is 3. The molecule has 1 fully saturated rings. The Hall–Kier alpha value is -1.51. The van der Waals surface area contributed by atoms with E-state index in [-0.39, 0.29) is 0 Å². The van der Waals surface area contributed by atoms with Crippen LogP contribution in [0.5, 0.6) is 0 Å². The standard InChI is InChI=1S/C15H23N3/c1-12-7-9-13(10-8-12)11-17-15(16)18-14-5-3-2-4-6-14/h7-10,14H,2-6,11H2,1H3,(H3,16,17,18). The molecule has 98 valence electrons. The van der Waals surface area contributed by atoms with Crippen LogP contribution in [0.2, 0.25) is 0 Å². The Labute approximate surface area is 109 Å². The van der Waals surface area contributed by atoms with E-state index in [1.165, 1.54) is 43.2 Å². The molecular formula is C15H23N3. The van der Waals surface area contributed by atoms with Crippen LogP contribution in [0.25, 0.3) is 0 Å². The number of guanidine groups is 1. The molecule has 0 aromatic heterocycles. The molecule has 0 aliphatic heterocycles. The first-order valence-corrected chi connectivity index (χ1v) is 6.86. The van der Waals surface area contributed by atoms with E-state index in [2.05, 4.69) is 41.5 Å². The fraction of sp³-hybridized carbons (Fsp3) is 0.533. The molecule has 18 heavy (non-hydrogen) atoms. The lowest BCUT2D eigenvalue weighted by Gasteiger charge is -2.23. The van der Waals surface area contributed by atoms with Gasteiger partial charge < -0.3 is 11.1 Å². The zero-order chi connectivity index (χ0) is 12.8. The summed E-state index contributed by atoms with van der Waals surface area (Å²) in [4.78, 5) is 4.40. The molecule has 3 heteroatoms. The third kappa shape index (κ3) is 4.06. The van der Waals surface area contributed by atoms with Crippen molar-refractivity contribution in [3.8, 4) is 0 Å². The second-order valence-electron chi connectivity index (χ2n) is 5.17. The summed E-state index contributed by atoms with van der Waals surface area (Å²) in [7, 11) is 0. The lowest BCUT2D eigenvalue weighted by molar-refractivity contribution is 0.412. The third-order valence-electron chi connectivity index (χ3n) is 3.51. The van der Waals surface area contributed by atoms with Crippen LogP contribution in [-0.4, -0.2) is 12.0 Å². The van der Waals surface area contributed by atoms with Crippen molar-refractivity contribution in [1.82, 2.24) is 5.32 Å². The molecule has 3 N–H and O–H groups in total. The van der Waals surface area contributed by atoms with Gasteiger partial charge in [-0.15, -0.1) is 0 Å². The number of nitrogens with one attached hydrogen (secondary N) is 1. The van der Waals surface area contributed by atoms with Crippen molar-refractivity contribution in [2.45, 2.75) is 51.6 Å². The molecule has 0 bridgehead atoms. The summed E-state index contributed by atoms with van der Waals surface area (Å²) in [5, 5.41) is 3.33. The van der Waals surface area contributed by atoms with Crippen LogP contribution in [0.4, 0.5) is 0 Å². The molecule has 1 aromatic carbocycles. The molecule has 0 radical (unpaired) electrons. The Kier molecular flexibility index (Phi) is 4.62. The van der Waals surface area contributed by atoms with Crippen LogP contribution >= 0.6 is 0 Å². The quantitative estimate of drug-likeness (QED) is 0.635. The topological polar surface area (TPSA) is 50.4 Å². The minimum atomic E-state index is 0.528. The van der Waals surface area contributed by atoms with Crippen LogP contribution < -0.4 is 11.1 Å². The minimum absolute atomic E-state index is 0.528. The fourth-order valence-corrected chi connectivity index (χ4v) is 2.37. The molecule has 0 heterocycles. The fourth-order valence-electron chi connectivity index (χ4n) is 2.37. The van der Waals surface area contributed by atoms with Gasteiger partial charge >= 0.3 is 0 Å².